The first-order valence-electron chi connectivity index (χ1n) is 22.6. The van der Waals surface area contributed by atoms with E-state index in [4.69, 9.17) is 23.8 Å². The minimum Gasteiger partial charge on any atom is -0.456 e. The smallest absolute Gasteiger partial charge is 0.167 e. The Hall–Kier alpha value is -9.13. The molecule has 15 rings (SSSR count). The van der Waals surface area contributed by atoms with Crippen molar-refractivity contribution in [2.75, 3.05) is 0 Å². The molecule has 6 nitrogen and oxygen atoms in total. The van der Waals surface area contributed by atoms with Gasteiger partial charge in [-0.2, -0.15) is 0 Å². The van der Waals surface area contributed by atoms with Crippen LogP contribution in [0.15, 0.2) is 215 Å². The van der Waals surface area contributed by atoms with Crippen LogP contribution in [0.3, 0.4) is 0 Å². The van der Waals surface area contributed by atoms with Crippen LogP contribution in [0.2, 0.25) is 0 Å². The summed E-state index contributed by atoms with van der Waals surface area (Å²) in [7, 11) is 0. The third kappa shape index (κ3) is 5.35. The Kier molecular flexibility index (Phi) is 7.40. The summed E-state index contributed by atoms with van der Waals surface area (Å²) >= 11 is 0. The Morgan fingerprint density at radius 3 is 1.81 bits per heavy atom. The first-order valence-corrected chi connectivity index (χ1v) is 22.6. The van der Waals surface area contributed by atoms with E-state index in [-0.39, 0.29) is 0 Å². The fourth-order valence-corrected chi connectivity index (χ4v) is 10.7. The van der Waals surface area contributed by atoms with Crippen molar-refractivity contribution >= 4 is 109 Å². The maximum Gasteiger partial charge on any atom is 0.167 e. The molecule has 11 aromatic carbocycles. The molecule has 6 heteroatoms. The molecule has 310 valence electrons. The molecule has 0 saturated carbocycles. The van der Waals surface area contributed by atoms with Gasteiger partial charge in [-0.25, -0.2) is 15.0 Å². The van der Waals surface area contributed by atoms with Gasteiger partial charge in [-0.3, -0.25) is 0 Å². The van der Waals surface area contributed by atoms with Gasteiger partial charge < -0.3 is 13.4 Å². The number of fused-ring (bicyclic) bond motifs is 15. The Labute approximate surface area is 381 Å². The van der Waals surface area contributed by atoms with E-state index < -0.39 is 0 Å². The molecule has 0 aliphatic rings. The fourth-order valence-electron chi connectivity index (χ4n) is 10.7. The monoisotopic (exact) mass is 854 g/mol. The van der Waals surface area contributed by atoms with Crippen molar-refractivity contribution < 1.29 is 8.83 Å². The lowest BCUT2D eigenvalue weighted by Gasteiger charge is -2.11. The van der Waals surface area contributed by atoms with Crippen molar-refractivity contribution in [3.8, 4) is 39.9 Å². The predicted molar refractivity (Wildman–Crippen MR) is 275 cm³/mol. The molecule has 0 radical (unpaired) electrons. The SMILES string of the molecule is c1ccc2cc3c(cc2c1)c1c2ccccc2ccc1n3-c1ccc2ccc3oc4c(-c5nc(-c6ccc7oc8ccccc8c7c6)nc(-c6cccc7ccccc67)n5)cccc4c3c2c1. The van der Waals surface area contributed by atoms with Crippen LogP contribution >= 0.6 is 0 Å². The largest absolute Gasteiger partial charge is 0.456 e. The van der Waals surface area contributed by atoms with Gasteiger partial charge in [0.15, 0.2) is 17.5 Å². The van der Waals surface area contributed by atoms with E-state index in [0.717, 1.165) is 87.8 Å². The van der Waals surface area contributed by atoms with Gasteiger partial charge in [0.2, 0.25) is 0 Å². The molecule has 0 amide bonds. The number of nitrogens with zero attached hydrogens (tertiary/aromatic N) is 4. The molecule has 0 bridgehead atoms. The van der Waals surface area contributed by atoms with Crippen molar-refractivity contribution in [3.63, 3.8) is 0 Å². The van der Waals surface area contributed by atoms with E-state index in [2.05, 4.69) is 180 Å². The summed E-state index contributed by atoms with van der Waals surface area (Å²) in [5.41, 5.74) is 9.19. The summed E-state index contributed by atoms with van der Waals surface area (Å²) in [6.45, 7) is 0. The molecule has 0 spiro atoms. The maximum atomic E-state index is 6.95. The van der Waals surface area contributed by atoms with E-state index >= 15 is 0 Å². The summed E-state index contributed by atoms with van der Waals surface area (Å²) in [5.74, 6) is 1.68. The zero-order valence-corrected chi connectivity index (χ0v) is 35.7. The molecule has 0 N–H and O–H groups in total. The quantitative estimate of drug-likeness (QED) is 0.176. The molecule has 0 aliphatic heterocycles. The third-order valence-electron chi connectivity index (χ3n) is 13.8. The highest BCUT2D eigenvalue weighted by Gasteiger charge is 2.22. The number of furan rings is 2. The number of benzene rings is 11. The van der Waals surface area contributed by atoms with Crippen LogP contribution in [0.1, 0.15) is 0 Å². The first-order chi connectivity index (χ1) is 33.2. The van der Waals surface area contributed by atoms with Crippen LogP contribution in [0, 0.1) is 0 Å². The van der Waals surface area contributed by atoms with E-state index in [1.54, 1.807) is 0 Å². The molecule has 4 aromatic heterocycles. The zero-order valence-electron chi connectivity index (χ0n) is 35.7. The Balaban J connectivity index is 0.962. The van der Waals surface area contributed by atoms with Gasteiger partial charge in [0.05, 0.1) is 16.6 Å². The van der Waals surface area contributed by atoms with Crippen LogP contribution in [0.25, 0.3) is 149 Å². The molecule has 67 heavy (non-hydrogen) atoms. The van der Waals surface area contributed by atoms with Gasteiger partial charge >= 0.3 is 0 Å². The van der Waals surface area contributed by atoms with Gasteiger partial charge in [0.25, 0.3) is 0 Å². The molecule has 0 saturated heterocycles. The van der Waals surface area contributed by atoms with E-state index in [1.165, 1.54) is 43.4 Å². The van der Waals surface area contributed by atoms with Gasteiger partial charge in [-0.1, -0.05) is 140 Å². The molecule has 0 unspecified atom stereocenters. The van der Waals surface area contributed by atoms with Crippen molar-refractivity contribution in [2.45, 2.75) is 0 Å². The van der Waals surface area contributed by atoms with Crippen molar-refractivity contribution in [3.05, 3.63) is 206 Å². The van der Waals surface area contributed by atoms with Crippen LogP contribution in [-0.2, 0) is 0 Å². The summed E-state index contributed by atoms with van der Waals surface area (Å²) < 4.78 is 15.6. The van der Waals surface area contributed by atoms with Crippen molar-refractivity contribution in [1.82, 2.24) is 19.5 Å². The lowest BCUT2D eigenvalue weighted by Crippen LogP contribution is -2.00. The number of rotatable bonds is 4. The third-order valence-corrected chi connectivity index (χ3v) is 13.8. The Morgan fingerprint density at radius 2 is 0.925 bits per heavy atom. The summed E-state index contributed by atoms with van der Waals surface area (Å²) in [6.07, 6.45) is 0. The van der Waals surface area contributed by atoms with Gasteiger partial charge in [0.1, 0.15) is 22.3 Å². The first kappa shape index (κ1) is 36.2. The van der Waals surface area contributed by atoms with Crippen LogP contribution in [-0.4, -0.2) is 19.5 Å². The minimum absolute atomic E-state index is 0.532. The molecule has 4 heterocycles. The van der Waals surface area contributed by atoms with E-state index in [9.17, 15) is 0 Å². The summed E-state index contributed by atoms with van der Waals surface area (Å²) in [4.78, 5) is 15.8. The number of hydrogen-bond acceptors (Lipinski definition) is 5. The van der Waals surface area contributed by atoms with Crippen molar-refractivity contribution in [1.29, 1.82) is 0 Å². The standard InChI is InChI=1S/C61H34N4O2/c1-2-14-39-33-52-50(31-38(39)13-1)56-43-17-6-4-12-36(43)24-28-51(56)65(52)41-27-23-37-25-30-55-57(48(37)34-41)46-20-10-21-47(58(46)67-55)61-63-59(40-26-29-54-49(32-40)44-18-7-8-22-53(44)66-54)62-60(64-61)45-19-9-15-35-11-3-5-16-42(35)45/h1-34H. The fraction of sp³-hybridized carbons (Fsp3) is 0. The summed E-state index contributed by atoms with van der Waals surface area (Å²) in [5, 5.41) is 15.9. The maximum absolute atomic E-state index is 6.95. The highest BCUT2D eigenvalue weighted by atomic mass is 16.3. The molecule has 0 fully saturated rings. The van der Waals surface area contributed by atoms with Gasteiger partial charge in [-0.05, 0) is 110 Å². The van der Waals surface area contributed by atoms with E-state index in [0.29, 0.717) is 17.5 Å². The number of para-hydroxylation sites is 2. The van der Waals surface area contributed by atoms with Crippen LogP contribution in [0.5, 0.6) is 0 Å². The molecular weight excluding hydrogens is 821 g/mol. The average Bonchev–Trinajstić information content (AvgIpc) is 4.07. The molecular formula is C61H34N4O2. The minimum atomic E-state index is 0.532. The van der Waals surface area contributed by atoms with E-state index in [1.807, 2.05) is 30.3 Å². The lowest BCUT2D eigenvalue weighted by atomic mass is 10.0. The predicted octanol–water partition coefficient (Wildman–Crippen LogP) is 16.4. The second-order valence-electron chi connectivity index (χ2n) is 17.5. The zero-order chi connectivity index (χ0) is 43.7. The molecule has 0 atom stereocenters. The molecule has 15 aromatic rings. The van der Waals surface area contributed by atoms with Gasteiger partial charge in [0, 0.05) is 49.1 Å². The Bertz CT molecular complexity index is 4590. The van der Waals surface area contributed by atoms with Crippen LogP contribution in [0.4, 0.5) is 0 Å². The van der Waals surface area contributed by atoms with Crippen molar-refractivity contribution in [2.24, 2.45) is 0 Å². The normalized spacial score (nSPS) is 12.2. The highest BCUT2D eigenvalue weighted by molar-refractivity contribution is 6.24. The lowest BCUT2D eigenvalue weighted by molar-refractivity contribution is 0.669. The van der Waals surface area contributed by atoms with Gasteiger partial charge in [-0.15, -0.1) is 0 Å². The summed E-state index contributed by atoms with van der Waals surface area (Å²) in [6, 6.07) is 72.9. The molecule has 0 aliphatic carbocycles. The second kappa shape index (κ2) is 13.7. The number of aromatic nitrogens is 4. The second-order valence-corrected chi connectivity index (χ2v) is 17.5. The van der Waals surface area contributed by atoms with Crippen LogP contribution < -0.4 is 0 Å². The average molecular weight is 855 g/mol. The topological polar surface area (TPSA) is 69.9 Å². The highest BCUT2D eigenvalue weighted by Crippen LogP contribution is 2.43. The Morgan fingerprint density at radius 1 is 0.313 bits per heavy atom. The number of hydrogen-bond donors (Lipinski definition) is 0.